The molecule has 2 amide bonds. The number of fused-ring (bicyclic) bond motifs is 1. The molecule has 1 aliphatic rings. The topological polar surface area (TPSA) is 99.3 Å². The molecule has 1 saturated heterocycles. The number of morpholine rings is 1. The molecule has 0 atom stereocenters. The lowest BCUT2D eigenvalue weighted by Gasteiger charge is -2.26. The molecule has 24 heavy (non-hydrogen) atoms. The van der Waals surface area contributed by atoms with E-state index in [1.165, 1.54) is 0 Å². The van der Waals surface area contributed by atoms with Gasteiger partial charge in [0.15, 0.2) is 0 Å². The Morgan fingerprint density at radius 3 is 2.92 bits per heavy atom. The largest absolute Gasteiger partial charge is 0.379 e. The molecule has 0 unspecified atom stereocenters. The molecular weight excluding hydrogens is 310 g/mol. The lowest BCUT2D eigenvalue weighted by Crippen LogP contribution is -2.39. The molecule has 8 nitrogen and oxygen atoms in total. The second-order valence-corrected chi connectivity index (χ2v) is 5.65. The molecule has 1 aliphatic heterocycles. The predicted molar refractivity (Wildman–Crippen MR) is 89.6 cm³/mol. The monoisotopic (exact) mass is 331 g/mol. The molecule has 2 heterocycles. The molecule has 0 bridgehead atoms. The normalized spacial score (nSPS) is 15.3. The number of imidazole rings is 1. The van der Waals surface area contributed by atoms with Gasteiger partial charge in [-0.15, -0.1) is 0 Å². The second-order valence-electron chi connectivity index (χ2n) is 5.65. The molecule has 0 saturated carbocycles. The quantitative estimate of drug-likeness (QED) is 0.542. The highest BCUT2D eigenvalue weighted by Crippen LogP contribution is 2.15. The summed E-state index contributed by atoms with van der Waals surface area (Å²) >= 11 is 0. The Kier molecular flexibility index (Phi) is 5.39. The van der Waals surface area contributed by atoms with E-state index in [1.54, 1.807) is 24.5 Å². The maximum absolute atomic E-state index is 11.9. The van der Waals surface area contributed by atoms with Crippen molar-refractivity contribution in [1.29, 1.82) is 0 Å². The van der Waals surface area contributed by atoms with Crippen LogP contribution in [0.3, 0.4) is 0 Å². The number of nitrogens with one attached hydrogen (secondary N) is 3. The summed E-state index contributed by atoms with van der Waals surface area (Å²) in [4.78, 5) is 33.1. The van der Waals surface area contributed by atoms with Crippen LogP contribution in [0.1, 0.15) is 6.42 Å². The van der Waals surface area contributed by atoms with Gasteiger partial charge in [0, 0.05) is 25.3 Å². The van der Waals surface area contributed by atoms with Crippen LogP contribution < -0.4 is 10.6 Å². The average Bonchev–Trinajstić information content (AvgIpc) is 3.07. The number of rotatable bonds is 5. The van der Waals surface area contributed by atoms with E-state index in [0.717, 1.165) is 50.3 Å². The molecule has 1 aromatic carbocycles. The molecule has 0 spiro atoms. The summed E-state index contributed by atoms with van der Waals surface area (Å²) in [5.74, 6) is -1.29. The summed E-state index contributed by atoms with van der Waals surface area (Å²) in [6.45, 7) is 4.73. The van der Waals surface area contributed by atoms with Crippen LogP contribution in [0, 0.1) is 0 Å². The van der Waals surface area contributed by atoms with Gasteiger partial charge >= 0.3 is 11.8 Å². The van der Waals surface area contributed by atoms with Crippen LogP contribution in [0.25, 0.3) is 11.0 Å². The molecule has 0 radical (unpaired) electrons. The second kappa shape index (κ2) is 7.89. The number of hydrogen-bond donors (Lipinski definition) is 3. The number of amides is 2. The molecular formula is C16H21N5O3. The molecule has 3 N–H and O–H groups in total. The number of ether oxygens (including phenoxy) is 1. The van der Waals surface area contributed by atoms with Crippen molar-refractivity contribution in [2.45, 2.75) is 6.42 Å². The Balaban J connectivity index is 1.40. The van der Waals surface area contributed by atoms with Crippen LogP contribution in [0.15, 0.2) is 24.5 Å². The van der Waals surface area contributed by atoms with Gasteiger partial charge in [-0.05, 0) is 31.2 Å². The molecule has 128 valence electrons. The van der Waals surface area contributed by atoms with Crippen molar-refractivity contribution in [2.75, 3.05) is 44.7 Å². The Morgan fingerprint density at radius 2 is 2.08 bits per heavy atom. The minimum Gasteiger partial charge on any atom is -0.379 e. The van der Waals surface area contributed by atoms with Gasteiger partial charge in [0.1, 0.15) is 0 Å². The zero-order valence-corrected chi connectivity index (χ0v) is 13.4. The van der Waals surface area contributed by atoms with Gasteiger partial charge in [-0.25, -0.2) is 4.98 Å². The maximum Gasteiger partial charge on any atom is 0.313 e. The smallest absolute Gasteiger partial charge is 0.313 e. The number of nitrogens with zero attached hydrogens (tertiary/aromatic N) is 2. The molecule has 2 aromatic rings. The SMILES string of the molecule is O=C(NCCCN1CCOCC1)C(=O)Nc1ccc2nc[nH]c2c1. The van der Waals surface area contributed by atoms with Crippen molar-refractivity contribution >= 4 is 28.5 Å². The Bertz CT molecular complexity index is 709. The lowest BCUT2D eigenvalue weighted by atomic mass is 10.2. The number of benzene rings is 1. The number of carbonyl (C=O) groups is 2. The summed E-state index contributed by atoms with van der Waals surface area (Å²) in [6.07, 6.45) is 2.39. The number of H-pyrrole nitrogens is 1. The fourth-order valence-electron chi connectivity index (χ4n) is 2.61. The summed E-state index contributed by atoms with van der Waals surface area (Å²) in [7, 11) is 0. The van der Waals surface area contributed by atoms with Crippen molar-refractivity contribution in [1.82, 2.24) is 20.2 Å². The summed E-state index contributed by atoms with van der Waals surface area (Å²) < 4.78 is 5.28. The average molecular weight is 331 g/mol. The molecule has 8 heteroatoms. The van der Waals surface area contributed by atoms with Crippen LogP contribution in [-0.4, -0.2) is 66.1 Å². The number of carbonyl (C=O) groups excluding carboxylic acids is 2. The molecule has 3 rings (SSSR count). The van der Waals surface area contributed by atoms with Crippen molar-refractivity contribution in [2.24, 2.45) is 0 Å². The molecule has 1 aromatic heterocycles. The van der Waals surface area contributed by atoms with E-state index in [9.17, 15) is 9.59 Å². The van der Waals surface area contributed by atoms with E-state index in [2.05, 4.69) is 25.5 Å². The zero-order valence-electron chi connectivity index (χ0n) is 13.4. The van der Waals surface area contributed by atoms with Crippen LogP contribution in [-0.2, 0) is 14.3 Å². The molecule has 0 aliphatic carbocycles. The highest BCUT2D eigenvalue weighted by Gasteiger charge is 2.14. The molecule has 1 fully saturated rings. The van der Waals surface area contributed by atoms with E-state index in [-0.39, 0.29) is 0 Å². The van der Waals surface area contributed by atoms with Crippen LogP contribution >= 0.6 is 0 Å². The fraction of sp³-hybridized carbons (Fsp3) is 0.438. The van der Waals surface area contributed by atoms with E-state index in [0.29, 0.717) is 12.2 Å². The van der Waals surface area contributed by atoms with E-state index < -0.39 is 11.8 Å². The minimum absolute atomic E-state index is 0.475. The first kappa shape index (κ1) is 16.4. The van der Waals surface area contributed by atoms with Crippen molar-refractivity contribution in [3.63, 3.8) is 0 Å². The lowest BCUT2D eigenvalue weighted by molar-refractivity contribution is -0.136. The highest BCUT2D eigenvalue weighted by molar-refractivity contribution is 6.39. The number of aromatic nitrogens is 2. The van der Waals surface area contributed by atoms with Gasteiger partial charge in [-0.1, -0.05) is 0 Å². The Morgan fingerprint density at radius 1 is 1.25 bits per heavy atom. The van der Waals surface area contributed by atoms with Crippen molar-refractivity contribution in [3.8, 4) is 0 Å². The van der Waals surface area contributed by atoms with Crippen LogP contribution in [0.2, 0.25) is 0 Å². The minimum atomic E-state index is -0.666. The third kappa shape index (κ3) is 4.30. The third-order valence-electron chi connectivity index (χ3n) is 3.92. The van der Waals surface area contributed by atoms with Gasteiger partial charge < -0.3 is 20.4 Å². The van der Waals surface area contributed by atoms with Gasteiger partial charge in [0.25, 0.3) is 0 Å². The standard InChI is InChI=1S/C16H21N5O3/c22-15(17-4-1-5-21-6-8-24-9-7-21)16(23)20-12-2-3-13-14(10-12)19-11-18-13/h2-3,10-11H,1,4-9H2,(H,17,22)(H,18,19)(H,20,23). The van der Waals surface area contributed by atoms with Crippen LogP contribution in [0.5, 0.6) is 0 Å². The number of hydrogen-bond acceptors (Lipinski definition) is 5. The van der Waals surface area contributed by atoms with E-state index in [1.807, 2.05) is 0 Å². The first-order chi connectivity index (χ1) is 11.7. The van der Waals surface area contributed by atoms with Gasteiger partial charge in [-0.2, -0.15) is 0 Å². The van der Waals surface area contributed by atoms with Gasteiger partial charge in [-0.3, -0.25) is 14.5 Å². The van der Waals surface area contributed by atoms with Crippen LogP contribution in [0.4, 0.5) is 5.69 Å². The first-order valence-corrected chi connectivity index (χ1v) is 8.05. The van der Waals surface area contributed by atoms with Gasteiger partial charge in [0.2, 0.25) is 0 Å². The number of anilines is 1. The Hall–Kier alpha value is -2.45. The Labute approximate surface area is 139 Å². The summed E-state index contributed by atoms with van der Waals surface area (Å²) in [6, 6.07) is 5.24. The van der Waals surface area contributed by atoms with Gasteiger partial charge in [0.05, 0.1) is 30.6 Å². The van der Waals surface area contributed by atoms with E-state index >= 15 is 0 Å². The zero-order chi connectivity index (χ0) is 16.8. The van der Waals surface area contributed by atoms with Crippen molar-refractivity contribution < 1.29 is 14.3 Å². The first-order valence-electron chi connectivity index (χ1n) is 8.05. The van der Waals surface area contributed by atoms with Crippen molar-refractivity contribution in [3.05, 3.63) is 24.5 Å². The highest BCUT2D eigenvalue weighted by atomic mass is 16.5. The maximum atomic E-state index is 11.9. The number of aromatic amines is 1. The third-order valence-corrected chi connectivity index (χ3v) is 3.92. The summed E-state index contributed by atoms with van der Waals surface area (Å²) in [5.41, 5.74) is 2.17. The predicted octanol–water partition coefficient (Wildman–Crippen LogP) is 0.340. The summed E-state index contributed by atoms with van der Waals surface area (Å²) in [5, 5.41) is 5.23. The fourth-order valence-corrected chi connectivity index (χ4v) is 2.61. The van der Waals surface area contributed by atoms with E-state index in [4.69, 9.17) is 4.74 Å².